The predicted octanol–water partition coefficient (Wildman–Crippen LogP) is 4.43. The largest absolute Gasteiger partial charge is 0.469 e. The van der Waals surface area contributed by atoms with Gasteiger partial charge in [0.1, 0.15) is 0 Å². The number of carbonyl (C=O) groups is 1. The predicted molar refractivity (Wildman–Crippen MR) is 102 cm³/mol. The molecule has 3 rings (SSSR count). The van der Waals surface area contributed by atoms with Crippen LogP contribution >= 0.6 is 0 Å². The van der Waals surface area contributed by atoms with E-state index in [1.165, 1.54) is 17.0 Å². The van der Waals surface area contributed by atoms with Crippen LogP contribution in [0.2, 0.25) is 0 Å². The van der Waals surface area contributed by atoms with Crippen LogP contribution in [-0.4, -0.2) is 22.4 Å². The maximum Gasteiger partial charge on any atom is 0.366 e. The summed E-state index contributed by atoms with van der Waals surface area (Å²) < 4.78 is 5.86. The van der Waals surface area contributed by atoms with Crippen molar-refractivity contribution in [2.45, 2.75) is 45.1 Å². The molecular weight excluding hydrogens is 346 g/mol. The first-order valence-electron chi connectivity index (χ1n) is 9.30. The number of hydrogen-bond acceptors (Lipinski definition) is 5. The van der Waals surface area contributed by atoms with Crippen molar-refractivity contribution in [2.75, 3.05) is 11.4 Å². The number of nitro groups is 1. The number of carbonyl (C=O) groups excluding carboxylic acids is 1. The molecule has 1 atom stereocenters. The van der Waals surface area contributed by atoms with Crippen LogP contribution in [0.4, 0.5) is 11.6 Å². The van der Waals surface area contributed by atoms with Crippen LogP contribution in [0.15, 0.2) is 42.5 Å². The fourth-order valence-corrected chi connectivity index (χ4v) is 3.16. The van der Waals surface area contributed by atoms with E-state index >= 15 is 0 Å². The number of anilines is 1. The minimum absolute atomic E-state index is 0.233. The summed E-state index contributed by atoms with van der Waals surface area (Å²) in [6.07, 6.45) is 4.45. The lowest BCUT2D eigenvalue weighted by Gasteiger charge is -2.31. The quantitative estimate of drug-likeness (QED) is 0.390. The fourth-order valence-electron chi connectivity index (χ4n) is 3.16. The molecule has 142 valence electrons. The molecule has 1 aromatic heterocycles. The fraction of sp³-hybridized carbons (Fsp3) is 0.400. The molecule has 7 nitrogen and oxygen atoms in total. The van der Waals surface area contributed by atoms with Crippen LogP contribution < -0.4 is 9.64 Å². The molecular formula is C20H23N3O4. The number of rotatable bonds is 8. The number of nitrogens with zero attached hydrogens (tertiary/aromatic N) is 3. The van der Waals surface area contributed by atoms with Crippen LogP contribution in [0.1, 0.15) is 50.7 Å². The maximum absolute atomic E-state index is 13.1. The van der Waals surface area contributed by atoms with Crippen molar-refractivity contribution < 1.29 is 14.5 Å². The van der Waals surface area contributed by atoms with Crippen molar-refractivity contribution in [3.8, 4) is 5.75 Å². The third-order valence-corrected chi connectivity index (χ3v) is 4.59. The molecule has 0 radical (unpaired) electrons. The SMILES string of the molecule is CCCCCCCN1C(=O)C(c2ccccc2)Oc2ccc([N+](=O)[O-])nc21. The zero-order valence-corrected chi connectivity index (χ0v) is 15.3. The Morgan fingerprint density at radius 2 is 1.85 bits per heavy atom. The molecule has 0 saturated heterocycles. The van der Waals surface area contributed by atoms with E-state index in [0.717, 1.165) is 37.7 Å². The number of pyridine rings is 1. The van der Waals surface area contributed by atoms with Crippen molar-refractivity contribution in [2.24, 2.45) is 0 Å². The molecule has 27 heavy (non-hydrogen) atoms. The zero-order chi connectivity index (χ0) is 19.2. The first-order chi connectivity index (χ1) is 13.1. The molecule has 1 aliphatic rings. The standard InChI is InChI=1S/C20H23N3O4/c1-2-3-4-5-9-14-22-19-16(12-13-17(21-19)23(25)26)27-18(20(22)24)15-10-7-6-8-11-15/h6-8,10-13,18H,2-5,9,14H2,1H3. The second-order valence-corrected chi connectivity index (χ2v) is 6.56. The molecule has 0 saturated carbocycles. The maximum atomic E-state index is 13.1. The minimum atomic E-state index is -0.766. The number of fused-ring (bicyclic) bond motifs is 1. The Morgan fingerprint density at radius 1 is 1.11 bits per heavy atom. The van der Waals surface area contributed by atoms with Crippen molar-refractivity contribution in [1.82, 2.24) is 4.98 Å². The van der Waals surface area contributed by atoms with Gasteiger partial charge in [-0.2, -0.15) is 0 Å². The number of aromatic nitrogens is 1. The molecule has 2 heterocycles. The molecule has 0 spiro atoms. The van der Waals surface area contributed by atoms with Gasteiger partial charge < -0.3 is 14.9 Å². The second-order valence-electron chi connectivity index (χ2n) is 6.56. The third-order valence-electron chi connectivity index (χ3n) is 4.59. The molecule has 1 aliphatic heterocycles. The third kappa shape index (κ3) is 4.24. The van der Waals surface area contributed by atoms with E-state index in [1.807, 2.05) is 30.3 Å². The van der Waals surface area contributed by atoms with Gasteiger partial charge in [-0.15, -0.1) is 0 Å². The highest BCUT2D eigenvalue weighted by Gasteiger charge is 2.39. The van der Waals surface area contributed by atoms with Crippen molar-refractivity contribution in [1.29, 1.82) is 0 Å². The molecule has 1 aromatic carbocycles. The Bertz CT molecular complexity index is 810. The average Bonchev–Trinajstić information content (AvgIpc) is 2.69. The summed E-state index contributed by atoms with van der Waals surface area (Å²) in [5.74, 6) is 0.0935. The Kier molecular flexibility index (Phi) is 6.01. The van der Waals surface area contributed by atoms with Gasteiger partial charge in [-0.3, -0.25) is 9.69 Å². The summed E-state index contributed by atoms with van der Waals surface area (Å²) >= 11 is 0. The van der Waals surface area contributed by atoms with E-state index in [2.05, 4.69) is 11.9 Å². The number of unbranched alkanes of at least 4 members (excludes halogenated alkanes) is 4. The van der Waals surface area contributed by atoms with Gasteiger partial charge in [0.05, 0.1) is 0 Å². The van der Waals surface area contributed by atoms with Crippen LogP contribution in [0.5, 0.6) is 5.75 Å². The van der Waals surface area contributed by atoms with E-state index in [-0.39, 0.29) is 17.5 Å². The Morgan fingerprint density at radius 3 is 2.56 bits per heavy atom. The zero-order valence-electron chi connectivity index (χ0n) is 15.3. The Balaban J connectivity index is 1.88. The number of hydrogen-bond donors (Lipinski definition) is 0. The number of ether oxygens (including phenoxy) is 1. The molecule has 0 N–H and O–H groups in total. The lowest BCUT2D eigenvalue weighted by molar-refractivity contribution is -0.389. The van der Waals surface area contributed by atoms with Crippen molar-refractivity contribution in [3.63, 3.8) is 0 Å². The summed E-state index contributed by atoms with van der Waals surface area (Å²) in [6.45, 7) is 2.62. The van der Waals surface area contributed by atoms with E-state index in [9.17, 15) is 14.9 Å². The first kappa shape index (κ1) is 18.8. The van der Waals surface area contributed by atoms with Gasteiger partial charge in [0.15, 0.2) is 5.75 Å². The lowest BCUT2D eigenvalue weighted by atomic mass is 10.1. The Labute approximate surface area is 158 Å². The van der Waals surface area contributed by atoms with Crippen LogP contribution in [-0.2, 0) is 4.79 Å². The second kappa shape index (κ2) is 8.62. The van der Waals surface area contributed by atoms with Gasteiger partial charge in [0.25, 0.3) is 11.7 Å². The number of amides is 1. The first-order valence-corrected chi connectivity index (χ1v) is 9.30. The van der Waals surface area contributed by atoms with Gasteiger partial charge in [-0.25, -0.2) is 0 Å². The van der Waals surface area contributed by atoms with E-state index < -0.39 is 11.0 Å². The van der Waals surface area contributed by atoms with E-state index in [1.54, 1.807) is 0 Å². The lowest BCUT2D eigenvalue weighted by Crippen LogP contribution is -2.42. The molecule has 1 amide bonds. The molecule has 0 aliphatic carbocycles. The van der Waals surface area contributed by atoms with Gasteiger partial charge in [0.2, 0.25) is 6.10 Å². The summed E-state index contributed by atoms with van der Waals surface area (Å²) in [5.41, 5.74) is 0.752. The summed E-state index contributed by atoms with van der Waals surface area (Å²) in [6, 6.07) is 12.1. The van der Waals surface area contributed by atoms with Gasteiger partial charge in [0, 0.05) is 18.2 Å². The van der Waals surface area contributed by atoms with Crippen molar-refractivity contribution in [3.05, 3.63) is 58.1 Å². The summed E-state index contributed by atoms with van der Waals surface area (Å²) in [5, 5.41) is 11.1. The topological polar surface area (TPSA) is 85.6 Å². The molecule has 2 aromatic rings. The van der Waals surface area contributed by atoms with E-state index in [4.69, 9.17) is 4.74 Å². The molecule has 1 unspecified atom stereocenters. The normalized spacial score (nSPS) is 16.0. The minimum Gasteiger partial charge on any atom is -0.469 e. The van der Waals surface area contributed by atoms with Crippen molar-refractivity contribution >= 4 is 17.5 Å². The highest BCUT2D eigenvalue weighted by Crippen LogP contribution is 2.38. The summed E-state index contributed by atoms with van der Waals surface area (Å²) in [4.78, 5) is 29.2. The van der Waals surface area contributed by atoms with Crippen LogP contribution in [0.25, 0.3) is 0 Å². The van der Waals surface area contributed by atoms with Crippen LogP contribution in [0.3, 0.4) is 0 Å². The summed E-state index contributed by atoms with van der Waals surface area (Å²) in [7, 11) is 0. The van der Waals surface area contributed by atoms with Gasteiger partial charge in [-0.1, -0.05) is 62.9 Å². The highest BCUT2D eigenvalue weighted by atomic mass is 16.6. The number of benzene rings is 1. The van der Waals surface area contributed by atoms with Gasteiger partial charge >= 0.3 is 5.82 Å². The molecule has 0 bridgehead atoms. The molecule has 7 heteroatoms. The highest BCUT2D eigenvalue weighted by molar-refractivity contribution is 5.99. The Hall–Kier alpha value is -2.96. The smallest absolute Gasteiger partial charge is 0.366 e. The van der Waals surface area contributed by atoms with E-state index in [0.29, 0.717) is 12.3 Å². The monoisotopic (exact) mass is 369 g/mol. The average molecular weight is 369 g/mol. The van der Waals surface area contributed by atoms with Crippen LogP contribution in [0, 0.1) is 10.1 Å². The molecule has 0 fully saturated rings. The van der Waals surface area contributed by atoms with Gasteiger partial charge in [-0.05, 0) is 22.4 Å².